The first-order valence-corrected chi connectivity index (χ1v) is 10.1. The number of likely N-dealkylation sites (tertiary alicyclic amines) is 1. The Morgan fingerprint density at radius 1 is 1.18 bits per heavy atom. The van der Waals surface area contributed by atoms with E-state index in [1.54, 1.807) is 6.92 Å². The van der Waals surface area contributed by atoms with Crippen molar-refractivity contribution < 1.29 is 14.3 Å². The summed E-state index contributed by atoms with van der Waals surface area (Å²) in [6.07, 6.45) is 2.23. The summed E-state index contributed by atoms with van der Waals surface area (Å²) < 4.78 is 7.27. The van der Waals surface area contributed by atoms with Crippen LogP contribution in [0.5, 0.6) is 0 Å². The molecule has 5 nitrogen and oxygen atoms in total. The van der Waals surface area contributed by atoms with E-state index in [0.29, 0.717) is 18.1 Å². The van der Waals surface area contributed by atoms with Crippen molar-refractivity contribution in [3.05, 3.63) is 47.2 Å². The van der Waals surface area contributed by atoms with Gasteiger partial charge in [0.1, 0.15) is 6.54 Å². The summed E-state index contributed by atoms with van der Waals surface area (Å²) in [4.78, 5) is 27.6. The van der Waals surface area contributed by atoms with E-state index >= 15 is 0 Å². The van der Waals surface area contributed by atoms with E-state index in [-0.39, 0.29) is 18.4 Å². The first-order valence-electron chi connectivity index (χ1n) is 10.1. The first kappa shape index (κ1) is 20.2. The van der Waals surface area contributed by atoms with Crippen molar-refractivity contribution in [1.82, 2.24) is 9.47 Å². The summed E-state index contributed by atoms with van der Waals surface area (Å²) >= 11 is 0. The van der Waals surface area contributed by atoms with Gasteiger partial charge in [-0.05, 0) is 50.7 Å². The molecule has 150 valence electrons. The molecule has 5 heteroatoms. The van der Waals surface area contributed by atoms with Gasteiger partial charge in [0, 0.05) is 18.8 Å². The molecular formula is C23H30N2O3. The Hall–Kier alpha value is -2.56. The molecule has 0 saturated carbocycles. The minimum Gasteiger partial charge on any atom is -0.462 e. The van der Waals surface area contributed by atoms with Crippen LogP contribution in [-0.4, -0.2) is 41.0 Å². The number of rotatable bonds is 5. The van der Waals surface area contributed by atoms with Crippen molar-refractivity contribution in [1.29, 1.82) is 0 Å². The van der Waals surface area contributed by atoms with Gasteiger partial charge in [0.15, 0.2) is 0 Å². The third-order valence-electron chi connectivity index (χ3n) is 5.60. The zero-order chi connectivity index (χ0) is 20.3. The van der Waals surface area contributed by atoms with Crippen LogP contribution < -0.4 is 0 Å². The van der Waals surface area contributed by atoms with Crippen molar-refractivity contribution in [3.63, 3.8) is 0 Å². The highest BCUT2D eigenvalue weighted by molar-refractivity contribution is 5.95. The normalized spacial score (nSPS) is 16.9. The predicted molar refractivity (Wildman–Crippen MR) is 110 cm³/mol. The number of esters is 1. The van der Waals surface area contributed by atoms with Gasteiger partial charge in [0.2, 0.25) is 5.91 Å². The Bertz CT molecular complexity index is 854. The molecule has 2 aromatic rings. The topological polar surface area (TPSA) is 51.5 Å². The molecule has 0 radical (unpaired) electrons. The minimum atomic E-state index is -0.326. The van der Waals surface area contributed by atoms with Crippen LogP contribution >= 0.6 is 0 Å². The standard InChI is InChI=1S/C23H30N2O3/c1-5-28-23(27)21-17(3)22(19-11-7-6-8-12-19)25(18(21)4)15-20(26)24-13-9-10-16(2)14-24/h6-8,11-12,16H,5,9-10,13-15H2,1-4H3/t16-/m1/s1. The van der Waals surface area contributed by atoms with E-state index in [2.05, 4.69) is 6.92 Å². The van der Waals surface area contributed by atoms with Crippen LogP contribution in [0.4, 0.5) is 0 Å². The summed E-state index contributed by atoms with van der Waals surface area (Å²) in [5.74, 6) is 0.318. The first-order chi connectivity index (χ1) is 13.4. The molecule has 3 rings (SSSR count). The second-order valence-electron chi connectivity index (χ2n) is 7.69. The van der Waals surface area contributed by atoms with Crippen LogP contribution in [0.25, 0.3) is 11.3 Å². The molecule has 0 bridgehead atoms. The van der Waals surface area contributed by atoms with Gasteiger partial charge in [-0.1, -0.05) is 37.3 Å². The molecule has 1 fully saturated rings. The van der Waals surface area contributed by atoms with Crippen LogP contribution in [0.1, 0.15) is 48.3 Å². The lowest BCUT2D eigenvalue weighted by molar-refractivity contribution is -0.133. The monoisotopic (exact) mass is 382 g/mol. The molecule has 1 aromatic carbocycles. The minimum absolute atomic E-state index is 0.109. The summed E-state index contributed by atoms with van der Waals surface area (Å²) in [6, 6.07) is 9.94. The fourth-order valence-electron chi connectivity index (χ4n) is 4.22. The molecule has 0 N–H and O–H groups in total. The fraction of sp³-hybridized carbons (Fsp3) is 0.478. The van der Waals surface area contributed by atoms with Gasteiger partial charge < -0.3 is 14.2 Å². The molecule has 28 heavy (non-hydrogen) atoms. The van der Waals surface area contributed by atoms with Crippen LogP contribution in [-0.2, 0) is 16.1 Å². The molecule has 1 saturated heterocycles. The Morgan fingerprint density at radius 3 is 2.54 bits per heavy atom. The number of ether oxygens (including phenoxy) is 1. The number of aromatic nitrogens is 1. The van der Waals surface area contributed by atoms with Crippen molar-refractivity contribution in [2.45, 2.75) is 47.1 Å². The number of nitrogens with zero attached hydrogens (tertiary/aromatic N) is 2. The summed E-state index contributed by atoms with van der Waals surface area (Å²) in [5, 5.41) is 0. The number of amides is 1. The summed E-state index contributed by atoms with van der Waals surface area (Å²) in [6.45, 7) is 10.0. The molecule has 0 spiro atoms. The van der Waals surface area contributed by atoms with Gasteiger partial charge in [-0.25, -0.2) is 4.79 Å². The Balaban J connectivity index is 2.02. The van der Waals surface area contributed by atoms with E-state index in [0.717, 1.165) is 42.0 Å². The van der Waals surface area contributed by atoms with Crippen LogP contribution in [0.15, 0.2) is 30.3 Å². The van der Waals surface area contributed by atoms with Crippen LogP contribution in [0, 0.1) is 19.8 Å². The third kappa shape index (κ3) is 3.98. The number of piperidine rings is 1. The molecule has 1 amide bonds. The smallest absolute Gasteiger partial charge is 0.340 e. The highest BCUT2D eigenvalue weighted by Gasteiger charge is 2.27. The molecule has 1 atom stereocenters. The lowest BCUT2D eigenvalue weighted by atomic mass is 10.0. The van der Waals surface area contributed by atoms with Gasteiger partial charge in [-0.15, -0.1) is 0 Å². The second-order valence-corrected chi connectivity index (χ2v) is 7.69. The van der Waals surface area contributed by atoms with Crippen molar-refractivity contribution in [3.8, 4) is 11.3 Å². The Labute approximate surface area is 167 Å². The molecule has 2 heterocycles. The van der Waals surface area contributed by atoms with Gasteiger partial charge in [0.05, 0.1) is 17.9 Å². The maximum absolute atomic E-state index is 13.1. The highest BCUT2D eigenvalue weighted by Crippen LogP contribution is 2.32. The van der Waals surface area contributed by atoms with Crippen molar-refractivity contribution in [2.24, 2.45) is 5.92 Å². The molecule has 1 aliphatic rings. The van der Waals surface area contributed by atoms with E-state index < -0.39 is 0 Å². The lowest BCUT2D eigenvalue weighted by Crippen LogP contribution is -2.41. The van der Waals surface area contributed by atoms with Gasteiger partial charge in [-0.2, -0.15) is 0 Å². The van der Waals surface area contributed by atoms with Gasteiger partial charge in [0.25, 0.3) is 0 Å². The number of hydrogen-bond donors (Lipinski definition) is 0. The number of hydrogen-bond acceptors (Lipinski definition) is 3. The number of carbonyl (C=O) groups is 2. The zero-order valence-corrected chi connectivity index (χ0v) is 17.3. The van der Waals surface area contributed by atoms with Crippen LogP contribution in [0.2, 0.25) is 0 Å². The van der Waals surface area contributed by atoms with E-state index in [1.165, 1.54) is 6.42 Å². The predicted octanol–water partition coefficient (Wildman–Crippen LogP) is 4.21. The molecule has 0 aliphatic carbocycles. The van der Waals surface area contributed by atoms with E-state index in [4.69, 9.17) is 4.74 Å². The average molecular weight is 383 g/mol. The quantitative estimate of drug-likeness (QED) is 0.728. The fourth-order valence-corrected chi connectivity index (χ4v) is 4.22. The lowest BCUT2D eigenvalue weighted by Gasteiger charge is -2.31. The van der Waals surface area contributed by atoms with Crippen molar-refractivity contribution in [2.75, 3.05) is 19.7 Å². The maximum Gasteiger partial charge on any atom is 0.340 e. The molecule has 1 aromatic heterocycles. The van der Waals surface area contributed by atoms with Crippen LogP contribution in [0.3, 0.4) is 0 Å². The number of benzene rings is 1. The van der Waals surface area contributed by atoms with E-state index in [1.807, 2.05) is 53.6 Å². The second kappa shape index (κ2) is 8.63. The van der Waals surface area contributed by atoms with E-state index in [9.17, 15) is 9.59 Å². The van der Waals surface area contributed by atoms with Gasteiger partial charge in [-0.3, -0.25) is 4.79 Å². The SMILES string of the molecule is CCOC(=O)c1c(C)c(-c2ccccc2)n(CC(=O)N2CCC[C@@H](C)C2)c1C. The largest absolute Gasteiger partial charge is 0.462 e. The van der Waals surface area contributed by atoms with Crippen molar-refractivity contribution >= 4 is 11.9 Å². The Morgan fingerprint density at radius 2 is 1.89 bits per heavy atom. The maximum atomic E-state index is 13.1. The third-order valence-corrected chi connectivity index (χ3v) is 5.60. The average Bonchev–Trinajstić information content (AvgIpc) is 2.92. The highest BCUT2D eigenvalue weighted by atomic mass is 16.5. The Kier molecular flexibility index (Phi) is 6.22. The zero-order valence-electron chi connectivity index (χ0n) is 17.3. The molecule has 1 aliphatic heterocycles. The number of carbonyl (C=O) groups excluding carboxylic acids is 2. The molecule has 0 unspecified atom stereocenters. The van der Waals surface area contributed by atoms with Gasteiger partial charge >= 0.3 is 5.97 Å². The molecular weight excluding hydrogens is 352 g/mol. The summed E-state index contributed by atoms with van der Waals surface area (Å²) in [7, 11) is 0. The summed E-state index contributed by atoms with van der Waals surface area (Å²) in [5.41, 5.74) is 4.13.